The third-order valence-electron chi connectivity index (χ3n) is 3.27. The molecule has 6 heteroatoms. The monoisotopic (exact) mass is 345 g/mol. The second kappa shape index (κ2) is 10.9. The highest BCUT2D eigenvalue weighted by atomic mass is 16.5. The van der Waals surface area contributed by atoms with E-state index in [-0.39, 0.29) is 0 Å². The summed E-state index contributed by atoms with van der Waals surface area (Å²) < 4.78 is 21.1. The summed E-state index contributed by atoms with van der Waals surface area (Å²) in [5.74, 6) is 1.55. The molecule has 0 aliphatic rings. The van der Waals surface area contributed by atoms with Gasteiger partial charge in [0.15, 0.2) is 0 Å². The molecular weight excluding hydrogens is 322 g/mol. The van der Waals surface area contributed by atoms with E-state index in [2.05, 4.69) is 10.1 Å². The summed E-state index contributed by atoms with van der Waals surface area (Å²) in [5, 5.41) is 2.53. The second-order valence-corrected chi connectivity index (χ2v) is 5.12. The normalized spacial score (nSPS) is 10.1. The van der Waals surface area contributed by atoms with Crippen LogP contribution >= 0.6 is 0 Å². The van der Waals surface area contributed by atoms with E-state index < -0.39 is 6.09 Å². The maximum absolute atomic E-state index is 10.8. The summed E-state index contributed by atoms with van der Waals surface area (Å²) in [6.07, 6.45) is -0.463. The molecule has 1 N–H and O–H groups in total. The number of nitrogens with one attached hydrogen (secondary N) is 1. The van der Waals surface area contributed by atoms with Crippen LogP contribution in [0.1, 0.15) is 5.56 Å². The molecule has 0 aliphatic carbocycles. The fourth-order valence-electron chi connectivity index (χ4n) is 1.99. The summed E-state index contributed by atoms with van der Waals surface area (Å²) in [6, 6.07) is 17.5. The number of hydrogen-bond acceptors (Lipinski definition) is 5. The molecule has 0 saturated heterocycles. The number of amides is 1. The van der Waals surface area contributed by atoms with Gasteiger partial charge >= 0.3 is 6.09 Å². The molecule has 0 heterocycles. The van der Waals surface area contributed by atoms with E-state index in [9.17, 15) is 4.79 Å². The summed E-state index contributed by atoms with van der Waals surface area (Å²) in [4.78, 5) is 10.8. The Labute approximate surface area is 147 Å². The Balaban J connectivity index is 1.58. The average molecular weight is 345 g/mol. The zero-order chi connectivity index (χ0) is 17.7. The van der Waals surface area contributed by atoms with Crippen molar-refractivity contribution in [3.8, 4) is 11.5 Å². The summed E-state index contributed by atoms with van der Waals surface area (Å²) in [7, 11) is 1.32. The minimum absolute atomic E-state index is 0.403. The van der Waals surface area contributed by atoms with Crippen molar-refractivity contribution in [1.29, 1.82) is 0 Å². The van der Waals surface area contributed by atoms with Gasteiger partial charge in [0.1, 0.15) is 24.7 Å². The largest absolute Gasteiger partial charge is 0.491 e. The molecule has 2 aromatic rings. The first-order valence-electron chi connectivity index (χ1n) is 8.07. The zero-order valence-corrected chi connectivity index (χ0v) is 14.3. The average Bonchev–Trinajstić information content (AvgIpc) is 2.67. The van der Waals surface area contributed by atoms with E-state index in [1.54, 1.807) is 0 Å². The maximum atomic E-state index is 10.8. The molecule has 0 unspecified atom stereocenters. The molecule has 0 aliphatic heterocycles. The second-order valence-electron chi connectivity index (χ2n) is 5.12. The van der Waals surface area contributed by atoms with Crippen LogP contribution in [0.3, 0.4) is 0 Å². The SMILES string of the molecule is COC(=O)NCCOCCOc1ccc(OCc2ccccc2)cc1. The van der Waals surface area contributed by atoms with Crippen LogP contribution in [0.2, 0.25) is 0 Å². The Hall–Kier alpha value is -2.73. The highest BCUT2D eigenvalue weighted by Gasteiger charge is 1.99. The predicted molar refractivity (Wildman–Crippen MR) is 93.9 cm³/mol. The number of hydrogen-bond donors (Lipinski definition) is 1. The summed E-state index contributed by atoms with van der Waals surface area (Å²) in [6.45, 7) is 2.22. The third-order valence-corrected chi connectivity index (χ3v) is 3.27. The first kappa shape index (κ1) is 18.6. The van der Waals surface area contributed by atoms with Gasteiger partial charge in [-0.2, -0.15) is 0 Å². The van der Waals surface area contributed by atoms with Crippen molar-refractivity contribution >= 4 is 6.09 Å². The van der Waals surface area contributed by atoms with Gasteiger partial charge < -0.3 is 24.3 Å². The molecule has 2 aromatic carbocycles. The minimum Gasteiger partial charge on any atom is -0.491 e. The van der Waals surface area contributed by atoms with Crippen LogP contribution in [0.15, 0.2) is 54.6 Å². The van der Waals surface area contributed by atoms with Gasteiger partial charge in [-0.05, 0) is 29.8 Å². The molecule has 134 valence electrons. The molecular formula is C19H23NO5. The Morgan fingerprint density at radius 2 is 1.56 bits per heavy atom. The molecule has 0 atom stereocenters. The van der Waals surface area contributed by atoms with E-state index in [4.69, 9.17) is 14.2 Å². The number of benzene rings is 2. The fraction of sp³-hybridized carbons (Fsp3) is 0.316. The lowest BCUT2D eigenvalue weighted by atomic mass is 10.2. The van der Waals surface area contributed by atoms with Crippen LogP contribution in [0.5, 0.6) is 11.5 Å². The van der Waals surface area contributed by atoms with Crippen LogP contribution in [0.4, 0.5) is 4.79 Å². The van der Waals surface area contributed by atoms with Gasteiger partial charge in [0, 0.05) is 6.54 Å². The number of carbonyl (C=O) groups excluding carboxylic acids is 1. The third kappa shape index (κ3) is 7.58. The van der Waals surface area contributed by atoms with Crippen molar-refractivity contribution in [3.05, 3.63) is 60.2 Å². The van der Waals surface area contributed by atoms with Gasteiger partial charge in [0.2, 0.25) is 0 Å². The molecule has 0 aromatic heterocycles. The van der Waals surface area contributed by atoms with Crippen LogP contribution in [0, 0.1) is 0 Å². The van der Waals surface area contributed by atoms with Crippen LogP contribution < -0.4 is 14.8 Å². The van der Waals surface area contributed by atoms with Crippen molar-refractivity contribution in [2.75, 3.05) is 33.5 Å². The molecule has 6 nitrogen and oxygen atoms in total. The topological polar surface area (TPSA) is 66.0 Å². The number of methoxy groups -OCH3 is 1. The highest BCUT2D eigenvalue weighted by molar-refractivity contribution is 5.66. The van der Waals surface area contributed by atoms with E-state index >= 15 is 0 Å². The van der Waals surface area contributed by atoms with Crippen LogP contribution in [-0.4, -0.2) is 39.6 Å². The molecule has 0 saturated carbocycles. The minimum atomic E-state index is -0.463. The predicted octanol–water partition coefficient (Wildman–Crippen LogP) is 3.02. The molecule has 0 bridgehead atoms. The lowest BCUT2D eigenvalue weighted by Crippen LogP contribution is -2.27. The van der Waals surface area contributed by atoms with Gasteiger partial charge in [-0.25, -0.2) is 4.79 Å². The number of ether oxygens (including phenoxy) is 4. The Morgan fingerprint density at radius 3 is 2.24 bits per heavy atom. The standard InChI is InChI=1S/C19H23NO5/c1-22-19(21)20-11-12-23-13-14-24-17-7-9-18(10-8-17)25-15-16-5-3-2-4-6-16/h2-10H,11-15H2,1H3,(H,20,21). The lowest BCUT2D eigenvalue weighted by molar-refractivity contribution is 0.0995. The molecule has 25 heavy (non-hydrogen) atoms. The van der Waals surface area contributed by atoms with Crippen molar-refractivity contribution in [2.24, 2.45) is 0 Å². The Morgan fingerprint density at radius 1 is 0.880 bits per heavy atom. The quantitative estimate of drug-likeness (QED) is 0.671. The van der Waals surface area contributed by atoms with Gasteiger partial charge in [-0.15, -0.1) is 0 Å². The van der Waals surface area contributed by atoms with E-state index in [1.807, 2.05) is 54.6 Å². The molecule has 2 rings (SSSR count). The van der Waals surface area contributed by atoms with Gasteiger partial charge in [-0.3, -0.25) is 0 Å². The van der Waals surface area contributed by atoms with E-state index in [0.717, 1.165) is 17.1 Å². The molecule has 1 amide bonds. The highest BCUT2D eigenvalue weighted by Crippen LogP contribution is 2.18. The van der Waals surface area contributed by atoms with Crippen LogP contribution in [0.25, 0.3) is 0 Å². The number of rotatable bonds is 10. The van der Waals surface area contributed by atoms with E-state index in [1.165, 1.54) is 7.11 Å². The Bertz CT molecular complexity index is 615. The molecule has 0 fully saturated rings. The number of carbonyl (C=O) groups is 1. The summed E-state index contributed by atoms with van der Waals surface area (Å²) in [5.41, 5.74) is 1.13. The first-order valence-corrected chi connectivity index (χ1v) is 8.07. The zero-order valence-electron chi connectivity index (χ0n) is 14.3. The van der Waals surface area contributed by atoms with E-state index in [0.29, 0.717) is 33.0 Å². The smallest absolute Gasteiger partial charge is 0.406 e. The molecule has 0 spiro atoms. The maximum Gasteiger partial charge on any atom is 0.406 e. The lowest BCUT2D eigenvalue weighted by Gasteiger charge is -2.09. The van der Waals surface area contributed by atoms with Gasteiger partial charge in [0.05, 0.1) is 20.3 Å². The number of alkyl carbamates (subject to hydrolysis) is 1. The molecule has 0 radical (unpaired) electrons. The van der Waals surface area contributed by atoms with Gasteiger partial charge in [-0.1, -0.05) is 30.3 Å². The van der Waals surface area contributed by atoms with Crippen molar-refractivity contribution < 1.29 is 23.7 Å². The van der Waals surface area contributed by atoms with Gasteiger partial charge in [0.25, 0.3) is 0 Å². The summed E-state index contributed by atoms with van der Waals surface area (Å²) >= 11 is 0. The first-order chi connectivity index (χ1) is 12.3. The van der Waals surface area contributed by atoms with Crippen molar-refractivity contribution in [1.82, 2.24) is 5.32 Å². The van der Waals surface area contributed by atoms with Crippen LogP contribution in [-0.2, 0) is 16.1 Å². The fourth-order valence-corrected chi connectivity index (χ4v) is 1.99. The Kier molecular flexibility index (Phi) is 8.14. The van der Waals surface area contributed by atoms with Crippen molar-refractivity contribution in [2.45, 2.75) is 6.61 Å². The van der Waals surface area contributed by atoms with Crippen molar-refractivity contribution in [3.63, 3.8) is 0 Å².